The second kappa shape index (κ2) is 6.64. The molecule has 0 radical (unpaired) electrons. The normalized spacial score (nSPS) is 11.7. The van der Waals surface area contributed by atoms with Crippen molar-refractivity contribution in [1.29, 1.82) is 0 Å². The van der Waals surface area contributed by atoms with E-state index in [4.69, 9.17) is 10.5 Å². The molecule has 0 fully saturated rings. The number of amides is 2. The molecular weight excluding hydrogens is 232 g/mol. The van der Waals surface area contributed by atoms with E-state index in [2.05, 4.69) is 5.32 Å². The van der Waals surface area contributed by atoms with Crippen LogP contribution >= 0.6 is 0 Å². The van der Waals surface area contributed by atoms with Gasteiger partial charge in [-0.25, -0.2) is 0 Å². The van der Waals surface area contributed by atoms with Crippen molar-refractivity contribution in [1.82, 2.24) is 5.32 Å². The van der Waals surface area contributed by atoms with Gasteiger partial charge in [-0.3, -0.25) is 9.59 Å². The van der Waals surface area contributed by atoms with Gasteiger partial charge in [0.05, 0.1) is 7.11 Å². The lowest BCUT2D eigenvalue weighted by molar-refractivity contribution is -0.132. The first-order valence-corrected chi connectivity index (χ1v) is 5.74. The van der Waals surface area contributed by atoms with Gasteiger partial charge in [0.1, 0.15) is 11.7 Å². The van der Waals surface area contributed by atoms with Crippen LogP contribution in [0.15, 0.2) is 24.3 Å². The monoisotopic (exact) mass is 250 g/mol. The molecule has 0 spiro atoms. The lowest BCUT2D eigenvalue weighted by atomic mass is 10.1. The third kappa shape index (κ3) is 4.08. The molecule has 1 aromatic carbocycles. The molecule has 1 atom stereocenters. The van der Waals surface area contributed by atoms with Crippen LogP contribution in [0.25, 0.3) is 0 Å². The second-order valence-electron chi connectivity index (χ2n) is 4.01. The third-order valence-corrected chi connectivity index (χ3v) is 2.69. The number of ether oxygens (including phenoxy) is 1. The van der Waals surface area contributed by atoms with Crippen LogP contribution in [-0.2, 0) is 16.0 Å². The number of rotatable bonds is 6. The molecule has 1 rings (SSSR count). The Kier molecular flexibility index (Phi) is 5.17. The molecule has 0 aliphatic rings. The summed E-state index contributed by atoms with van der Waals surface area (Å²) in [5, 5.41) is 2.67. The molecule has 0 aromatic heterocycles. The highest BCUT2D eigenvalue weighted by atomic mass is 16.5. The smallest absolute Gasteiger partial charge is 0.232 e. The molecule has 0 aliphatic heterocycles. The van der Waals surface area contributed by atoms with Crippen molar-refractivity contribution in [2.45, 2.75) is 13.3 Å². The molecule has 0 heterocycles. The number of nitrogens with two attached hydrogens (primary N) is 1. The zero-order valence-corrected chi connectivity index (χ0v) is 10.6. The van der Waals surface area contributed by atoms with Gasteiger partial charge in [-0.2, -0.15) is 0 Å². The van der Waals surface area contributed by atoms with Gasteiger partial charge in [-0.1, -0.05) is 12.1 Å². The SMILES string of the molecule is COc1ccc(CCNC(=O)C(C)C(N)=O)cc1. The van der Waals surface area contributed by atoms with Crippen molar-refractivity contribution in [2.24, 2.45) is 11.7 Å². The Morgan fingerprint density at radius 3 is 2.44 bits per heavy atom. The quantitative estimate of drug-likeness (QED) is 0.720. The van der Waals surface area contributed by atoms with Crippen molar-refractivity contribution in [3.05, 3.63) is 29.8 Å². The Balaban J connectivity index is 2.37. The predicted octanol–water partition coefficient (Wildman–Crippen LogP) is 0.475. The zero-order valence-electron chi connectivity index (χ0n) is 10.6. The van der Waals surface area contributed by atoms with Crippen LogP contribution in [0, 0.1) is 5.92 Å². The summed E-state index contributed by atoms with van der Waals surface area (Å²) in [6, 6.07) is 7.59. The minimum absolute atomic E-state index is 0.337. The van der Waals surface area contributed by atoms with Crippen molar-refractivity contribution < 1.29 is 14.3 Å². The largest absolute Gasteiger partial charge is 0.497 e. The van der Waals surface area contributed by atoms with E-state index in [9.17, 15) is 9.59 Å². The van der Waals surface area contributed by atoms with Crippen molar-refractivity contribution in [3.8, 4) is 5.75 Å². The Hall–Kier alpha value is -2.04. The molecule has 1 aromatic rings. The molecule has 5 nitrogen and oxygen atoms in total. The summed E-state index contributed by atoms with van der Waals surface area (Å²) in [5.74, 6) is -0.945. The van der Waals surface area contributed by atoms with Crippen molar-refractivity contribution >= 4 is 11.8 Å². The lowest BCUT2D eigenvalue weighted by Crippen LogP contribution is -2.37. The number of hydrogen-bond donors (Lipinski definition) is 2. The van der Waals surface area contributed by atoms with E-state index in [0.717, 1.165) is 11.3 Å². The van der Waals surface area contributed by atoms with Gasteiger partial charge in [-0.15, -0.1) is 0 Å². The van der Waals surface area contributed by atoms with Crippen LogP contribution in [0.1, 0.15) is 12.5 Å². The standard InChI is InChI=1S/C13H18N2O3/c1-9(12(14)16)13(17)15-8-7-10-3-5-11(18-2)6-4-10/h3-6,9H,7-8H2,1-2H3,(H2,14,16)(H,15,17). The Bertz CT molecular complexity index is 415. The molecule has 1 unspecified atom stereocenters. The fraction of sp³-hybridized carbons (Fsp3) is 0.385. The minimum atomic E-state index is -0.791. The van der Waals surface area contributed by atoms with Gasteiger partial charge in [0, 0.05) is 6.54 Å². The minimum Gasteiger partial charge on any atom is -0.497 e. The van der Waals surface area contributed by atoms with Crippen LogP contribution in [0.2, 0.25) is 0 Å². The number of hydrogen-bond acceptors (Lipinski definition) is 3. The summed E-state index contributed by atoms with van der Waals surface area (Å²) < 4.78 is 5.05. The number of methoxy groups -OCH3 is 1. The number of carbonyl (C=O) groups excluding carboxylic acids is 2. The highest BCUT2D eigenvalue weighted by Crippen LogP contribution is 2.11. The van der Waals surface area contributed by atoms with Gasteiger partial charge in [0.25, 0.3) is 0 Å². The molecule has 98 valence electrons. The maximum Gasteiger partial charge on any atom is 0.232 e. The van der Waals surface area contributed by atoms with Gasteiger partial charge in [0.15, 0.2) is 0 Å². The second-order valence-corrected chi connectivity index (χ2v) is 4.01. The molecule has 0 saturated carbocycles. The van der Waals surface area contributed by atoms with Crippen LogP contribution < -0.4 is 15.8 Å². The Morgan fingerprint density at radius 2 is 1.94 bits per heavy atom. The van der Waals surface area contributed by atoms with E-state index < -0.39 is 11.8 Å². The first-order chi connectivity index (χ1) is 8.54. The molecular formula is C13H18N2O3. The molecule has 0 saturated heterocycles. The maximum absolute atomic E-state index is 11.4. The Labute approximate surface area is 106 Å². The molecule has 18 heavy (non-hydrogen) atoms. The Morgan fingerprint density at radius 1 is 1.33 bits per heavy atom. The van der Waals surface area contributed by atoms with Gasteiger partial charge in [-0.05, 0) is 31.0 Å². The van der Waals surface area contributed by atoms with E-state index in [1.807, 2.05) is 24.3 Å². The lowest BCUT2D eigenvalue weighted by Gasteiger charge is -2.09. The topological polar surface area (TPSA) is 81.4 Å². The summed E-state index contributed by atoms with van der Waals surface area (Å²) in [4.78, 5) is 22.2. The average Bonchev–Trinajstić information content (AvgIpc) is 2.38. The first kappa shape index (κ1) is 14.0. The number of nitrogens with one attached hydrogen (secondary N) is 1. The van der Waals surface area contributed by atoms with Crippen LogP contribution in [0.4, 0.5) is 0 Å². The average molecular weight is 250 g/mol. The van der Waals surface area contributed by atoms with E-state index in [-0.39, 0.29) is 5.91 Å². The summed E-state index contributed by atoms with van der Waals surface area (Å²) in [5.41, 5.74) is 6.12. The van der Waals surface area contributed by atoms with Gasteiger partial charge < -0.3 is 15.8 Å². The summed E-state index contributed by atoms with van der Waals surface area (Å²) >= 11 is 0. The third-order valence-electron chi connectivity index (χ3n) is 2.69. The highest BCUT2D eigenvalue weighted by Gasteiger charge is 2.17. The molecule has 2 amide bonds. The molecule has 5 heteroatoms. The van der Waals surface area contributed by atoms with Gasteiger partial charge >= 0.3 is 0 Å². The predicted molar refractivity (Wildman–Crippen MR) is 68.1 cm³/mol. The van der Waals surface area contributed by atoms with Crippen LogP contribution in [-0.4, -0.2) is 25.5 Å². The maximum atomic E-state index is 11.4. The highest BCUT2D eigenvalue weighted by molar-refractivity contribution is 5.99. The summed E-state index contributed by atoms with van der Waals surface area (Å²) in [6.07, 6.45) is 0.696. The van der Waals surface area contributed by atoms with Crippen LogP contribution in [0.5, 0.6) is 5.75 Å². The fourth-order valence-corrected chi connectivity index (χ4v) is 1.40. The van der Waals surface area contributed by atoms with E-state index in [1.165, 1.54) is 6.92 Å². The number of primary amides is 1. The fourth-order valence-electron chi connectivity index (χ4n) is 1.40. The van der Waals surface area contributed by atoms with Crippen LogP contribution in [0.3, 0.4) is 0 Å². The number of benzene rings is 1. The van der Waals surface area contributed by atoms with E-state index >= 15 is 0 Å². The summed E-state index contributed by atoms with van der Waals surface area (Å²) in [7, 11) is 1.61. The van der Waals surface area contributed by atoms with E-state index in [0.29, 0.717) is 13.0 Å². The van der Waals surface area contributed by atoms with Crippen molar-refractivity contribution in [2.75, 3.05) is 13.7 Å². The van der Waals surface area contributed by atoms with Crippen molar-refractivity contribution in [3.63, 3.8) is 0 Å². The number of carbonyl (C=O) groups is 2. The van der Waals surface area contributed by atoms with E-state index in [1.54, 1.807) is 7.11 Å². The molecule has 0 bridgehead atoms. The molecule has 0 aliphatic carbocycles. The zero-order chi connectivity index (χ0) is 13.5. The molecule has 3 N–H and O–H groups in total. The summed E-state index contributed by atoms with van der Waals surface area (Å²) in [6.45, 7) is 1.97. The van der Waals surface area contributed by atoms with Gasteiger partial charge in [0.2, 0.25) is 11.8 Å². The first-order valence-electron chi connectivity index (χ1n) is 5.74.